The van der Waals surface area contributed by atoms with Crippen molar-refractivity contribution in [2.24, 2.45) is 0 Å². The molecule has 0 unspecified atom stereocenters. The molecular formula is C12H14BrN3O2. The highest BCUT2D eigenvalue weighted by Gasteiger charge is 2.11. The van der Waals surface area contributed by atoms with Crippen LogP contribution in [0, 0.1) is 0 Å². The number of imidazole rings is 1. The fourth-order valence-electron chi connectivity index (χ4n) is 1.81. The summed E-state index contributed by atoms with van der Waals surface area (Å²) >= 11 is 3.36. The lowest BCUT2D eigenvalue weighted by molar-refractivity contribution is 0.0697. The molecule has 2 aromatic rings. The van der Waals surface area contributed by atoms with Crippen LogP contribution in [0.25, 0.3) is 0 Å². The Morgan fingerprint density at radius 1 is 1.50 bits per heavy atom. The maximum atomic E-state index is 10.9. The summed E-state index contributed by atoms with van der Waals surface area (Å²) in [6, 6.07) is 1.60. The molecule has 0 saturated heterocycles. The number of carboxylic acid groups (broad SMARTS) is 1. The summed E-state index contributed by atoms with van der Waals surface area (Å²) in [7, 11) is 0. The normalized spacial score (nSPS) is 10.8. The van der Waals surface area contributed by atoms with Crippen LogP contribution in [0.15, 0.2) is 29.4 Å². The SMILES string of the molecule is CCCn1cncc1Cn1cc(C(=O)O)cc1Br. The minimum atomic E-state index is -0.920. The van der Waals surface area contributed by atoms with Gasteiger partial charge in [-0.1, -0.05) is 6.92 Å². The van der Waals surface area contributed by atoms with E-state index in [1.807, 2.05) is 10.8 Å². The molecule has 0 aromatic carbocycles. The molecule has 96 valence electrons. The first-order chi connectivity index (χ1) is 8.61. The molecule has 0 radical (unpaired) electrons. The Balaban J connectivity index is 2.23. The van der Waals surface area contributed by atoms with Crippen molar-refractivity contribution in [1.29, 1.82) is 0 Å². The van der Waals surface area contributed by atoms with Crippen molar-refractivity contribution in [3.8, 4) is 0 Å². The number of hydrogen-bond donors (Lipinski definition) is 1. The van der Waals surface area contributed by atoms with Gasteiger partial charge in [0.2, 0.25) is 0 Å². The third-order valence-corrected chi connectivity index (χ3v) is 3.37. The average Bonchev–Trinajstić information content (AvgIpc) is 2.89. The highest BCUT2D eigenvalue weighted by molar-refractivity contribution is 9.10. The van der Waals surface area contributed by atoms with Gasteiger partial charge in [0.05, 0.1) is 28.7 Å². The van der Waals surface area contributed by atoms with E-state index in [0.29, 0.717) is 6.54 Å². The van der Waals surface area contributed by atoms with Crippen molar-refractivity contribution in [1.82, 2.24) is 14.1 Å². The molecule has 0 aliphatic heterocycles. The van der Waals surface area contributed by atoms with Crippen molar-refractivity contribution in [2.75, 3.05) is 0 Å². The molecule has 6 heteroatoms. The van der Waals surface area contributed by atoms with Crippen LogP contribution >= 0.6 is 15.9 Å². The second kappa shape index (κ2) is 5.39. The van der Waals surface area contributed by atoms with Gasteiger partial charge in [-0.05, 0) is 28.4 Å². The van der Waals surface area contributed by atoms with Gasteiger partial charge >= 0.3 is 5.97 Å². The average molecular weight is 312 g/mol. The second-order valence-corrected chi connectivity index (χ2v) is 4.88. The first kappa shape index (κ1) is 12.9. The Morgan fingerprint density at radius 2 is 2.28 bits per heavy atom. The van der Waals surface area contributed by atoms with Gasteiger partial charge in [0, 0.05) is 18.9 Å². The standard InChI is InChI=1S/C12H14BrN3O2/c1-2-3-15-8-14-5-10(15)7-16-6-9(12(17)18)4-11(16)13/h4-6,8H,2-3,7H2,1H3,(H,17,18). The molecule has 2 heterocycles. The summed E-state index contributed by atoms with van der Waals surface area (Å²) in [6.07, 6.45) is 6.27. The maximum Gasteiger partial charge on any atom is 0.337 e. The molecule has 5 nitrogen and oxygen atoms in total. The number of nitrogens with zero attached hydrogens (tertiary/aromatic N) is 3. The Hall–Kier alpha value is -1.56. The van der Waals surface area contributed by atoms with E-state index < -0.39 is 5.97 Å². The molecule has 0 aliphatic rings. The zero-order valence-electron chi connectivity index (χ0n) is 10.0. The third kappa shape index (κ3) is 2.64. The molecule has 0 fully saturated rings. The molecule has 0 saturated carbocycles. The van der Waals surface area contributed by atoms with E-state index in [1.54, 1.807) is 18.6 Å². The monoisotopic (exact) mass is 311 g/mol. The molecule has 2 aromatic heterocycles. The van der Waals surface area contributed by atoms with E-state index in [0.717, 1.165) is 23.3 Å². The number of halogens is 1. The van der Waals surface area contributed by atoms with Gasteiger partial charge in [0.1, 0.15) is 0 Å². The molecule has 18 heavy (non-hydrogen) atoms. The summed E-state index contributed by atoms with van der Waals surface area (Å²) in [6.45, 7) is 3.63. The zero-order valence-corrected chi connectivity index (χ0v) is 11.6. The fraction of sp³-hybridized carbons (Fsp3) is 0.333. The summed E-state index contributed by atoms with van der Waals surface area (Å²) in [5, 5.41) is 8.94. The van der Waals surface area contributed by atoms with Gasteiger partial charge < -0.3 is 14.2 Å². The summed E-state index contributed by atoms with van der Waals surface area (Å²) < 4.78 is 4.68. The Labute approximate surface area is 113 Å². The minimum absolute atomic E-state index is 0.281. The number of aromatic nitrogens is 3. The molecule has 2 rings (SSSR count). The number of carboxylic acids is 1. The lowest BCUT2D eigenvalue weighted by Gasteiger charge is -2.08. The highest BCUT2D eigenvalue weighted by atomic mass is 79.9. The first-order valence-corrected chi connectivity index (χ1v) is 6.49. The Morgan fingerprint density at radius 3 is 2.89 bits per heavy atom. The molecule has 0 bridgehead atoms. The van der Waals surface area contributed by atoms with E-state index in [2.05, 4.69) is 32.4 Å². The molecule has 0 aliphatic carbocycles. The quantitative estimate of drug-likeness (QED) is 0.923. The van der Waals surface area contributed by atoms with Crippen LogP contribution in [0.1, 0.15) is 29.4 Å². The molecule has 0 amide bonds. The Kier molecular flexibility index (Phi) is 3.86. The lowest BCUT2D eigenvalue weighted by atomic mass is 10.3. The number of hydrogen-bond acceptors (Lipinski definition) is 2. The van der Waals surface area contributed by atoms with E-state index in [4.69, 9.17) is 5.11 Å². The molecule has 0 spiro atoms. The number of aryl methyl sites for hydroxylation is 1. The van der Waals surface area contributed by atoms with Crippen LogP contribution in [0.4, 0.5) is 0 Å². The lowest BCUT2D eigenvalue weighted by Crippen LogP contribution is -2.06. The third-order valence-electron chi connectivity index (χ3n) is 2.69. The van der Waals surface area contributed by atoms with Crippen molar-refractivity contribution >= 4 is 21.9 Å². The number of aromatic carboxylic acids is 1. The van der Waals surface area contributed by atoms with Crippen molar-refractivity contribution < 1.29 is 9.90 Å². The molecule has 1 N–H and O–H groups in total. The zero-order chi connectivity index (χ0) is 13.1. The smallest absolute Gasteiger partial charge is 0.337 e. The molecule has 0 atom stereocenters. The van der Waals surface area contributed by atoms with Crippen molar-refractivity contribution in [2.45, 2.75) is 26.4 Å². The highest BCUT2D eigenvalue weighted by Crippen LogP contribution is 2.17. The predicted octanol–water partition coefficient (Wildman–Crippen LogP) is 2.60. The largest absolute Gasteiger partial charge is 0.478 e. The van der Waals surface area contributed by atoms with Gasteiger partial charge in [-0.15, -0.1) is 0 Å². The van der Waals surface area contributed by atoms with Gasteiger partial charge in [-0.3, -0.25) is 0 Å². The van der Waals surface area contributed by atoms with Gasteiger partial charge in [-0.2, -0.15) is 0 Å². The van der Waals surface area contributed by atoms with E-state index in [-0.39, 0.29) is 5.56 Å². The van der Waals surface area contributed by atoms with Crippen LogP contribution in [-0.2, 0) is 13.1 Å². The summed E-state index contributed by atoms with van der Waals surface area (Å²) in [5.41, 5.74) is 1.34. The van der Waals surface area contributed by atoms with Crippen molar-refractivity contribution in [3.63, 3.8) is 0 Å². The first-order valence-electron chi connectivity index (χ1n) is 5.69. The van der Waals surface area contributed by atoms with Crippen molar-refractivity contribution in [3.05, 3.63) is 40.6 Å². The van der Waals surface area contributed by atoms with Crippen LogP contribution in [-0.4, -0.2) is 25.2 Å². The van der Waals surface area contributed by atoms with Crippen LogP contribution < -0.4 is 0 Å². The van der Waals surface area contributed by atoms with Gasteiger partial charge in [0.25, 0.3) is 0 Å². The van der Waals surface area contributed by atoms with E-state index >= 15 is 0 Å². The minimum Gasteiger partial charge on any atom is -0.478 e. The fourth-order valence-corrected chi connectivity index (χ4v) is 2.29. The topological polar surface area (TPSA) is 60.0 Å². The van der Waals surface area contributed by atoms with E-state index in [9.17, 15) is 4.79 Å². The van der Waals surface area contributed by atoms with Crippen LogP contribution in [0.5, 0.6) is 0 Å². The number of carbonyl (C=O) groups is 1. The molecular weight excluding hydrogens is 298 g/mol. The maximum absolute atomic E-state index is 10.9. The Bertz CT molecular complexity index is 559. The van der Waals surface area contributed by atoms with E-state index in [1.165, 1.54) is 0 Å². The van der Waals surface area contributed by atoms with Crippen LogP contribution in [0.3, 0.4) is 0 Å². The second-order valence-electron chi connectivity index (χ2n) is 4.06. The van der Waals surface area contributed by atoms with Gasteiger partial charge in [-0.25, -0.2) is 9.78 Å². The van der Waals surface area contributed by atoms with Gasteiger partial charge in [0.15, 0.2) is 0 Å². The summed E-state index contributed by atoms with van der Waals surface area (Å²) in [5.74, 6) is -0.920. The van der Waals surface area contributed by atoms with Crippen LogP contribution in [0.2, 0.25) is 0 Å². The summed E-state index contributed by atoms with van der Waals surface area (Å²) in [4.78, 5) is 15.0. The predicted molar refractivity (Wildman–Crippen MR) is 70.7 cm³/mol. The number of rotatable bonds is 5.